The lowest BCUT2D eigenvalue weighted by molar-refractivity contribution is 0.220. The highest BCUT2D eigenvalue weighted by atomic mass is 79.9. The van der Waals surface area contributed by atoms with E-state index < -0.39 is 7.60 Å². The van der Waals surface area contributed by atoms with Crippen LogP contribution in [0.25, 0.3) is 11.0 Å². The lowest BCUT2D eigenvalue weighted by Crippen LogP contribution is -2.03. The number of halogens is 1. The van der Waals surface area contributed by atoms with Crippen molar-refractivity contribution in [2.24, 2.45) is 0 Å². The molecule has 0 atom stereocenters. The van der Waals surface area contributed by atoms with E-state index in [1.807, 2.05) is 26.0 Å². The Morgan fingerprint density at radius 2 is 1.65 bits per heavy atom. The van der Waals surface area contributed by atoms with E-state index in [9.17, 15) is 4.57 Å². The number of hydrogen-bond acceptors (Lipinski definition) is 7. The van der Waals surface area contributed by atoms with E-state index in [0.29, 0.717) is 49.5 Å². The number of ether oxygens (including phenoxy) is 2. The molecule has 0 aliphatic heterocycles. The fraction of sp³-hybridized carbons (Fsp3) is 0.529. The second kappa shape index (κ2) is 9.65. The van der Waals surface area contributed by atoms with Crippen LogP contribution < -0.4 is 9.47 Å². The van der Waals surface area contributed by atoms with Crippen LogP contribution in [0.5, 0.6) is 11.8 Å². The molecule has 0 fully saturated rings. The minimum absolute atomic E-state index is 0.331. The molecule has 9 heteroatoms. The average molecular weight is 447 g/mol. The first-order chi connectivity index (χ1) is 12.5. The molecule has 2 rings (SSSR count). The van der Waals surface area contributed by atoms with E-state index in [4.69, 9.17) is 18.5 Å². The molecule has 144 valence electrons. The summed E-state index contributed by atoms with van der Waals surface area (Å²) < 4.78 is 34.7. The van der Waals surface area contributed by atoms with Crippen molar-refractivity contribution in [3.63, 3.8) is 0 Å². The zero-order chi connectivity index (χ0) is 19.2. The molecule has 26 heavy (non-hydrogen) atoms. The van der Waals surface area contributed by atoms with Gasteiger partial charge in [0.15, 0.2) is 0 Å². The van der Waals surface area contributed by atoms with Crippen LogP contribution in [0.4, 0.5) is 0 Å². The second-order valence-corrected chi connectivity index (χ2v) is 8.55. The van der Waals surface area contributed by atoms with Crippen LogP contribution in [0.3, 0.4) is 0 Å². The molecule has 0 saturated carbocycles. The number of aromatic nitrogens is 2. The number of nitrogens with zero attached hydrogens (tertiary/aromatic N) is 2. The van der Waals surface area contributed by atoms with Crippen LogP contribution in [0.1, 0.15) is 25.8 Å². The molecule has 0 radical (unpaired) electrons. The van der Waals surface area contributed by atoms with Gasteiger partial charge in [-0.1, -0.05) is 15.9 Å². The Morgan fingerprint density at radius 3 is 2.23 bits per heavy atom. The van der Waals surface area contributed by atoms with E-state index in [0.717, 1.165) is 15.6 Å². The van der Waals surface area contributed by atoms with Gasteiger partial charge in [0.2, 0.25) is 0 Å². The van der Waals surface area contributed by atoms with E-state index in [1.165, 1.54) is 14.2 Å². The summed E-state index contributed by atoms with van der Waals surface area (Å²) in [6.07, 6.45) is 1.65. The smallest absolute Gasteiger partial charge is 0.330 e. The largest absolute Gasteiger partial charge is 0.477 e. The number of fused-ring (bicyclic) bond motifs is 1. The molecule has 1 heterocycles. The van der Waals surface area contributed by atoms with Gasteiger partial charge in [0.1, 0.15) is 0 Å². The van der Waals surface area contributed by atoms with Crippen molar-refractivity contribution < 1.29 is 23.1 Å². The molecule has 2 aromatic rings. The van der Waals surface area contributed by atoms with Crippen molar-refractivity contribution in [1.29, 1.82) is 0 Å². The van der Waals surface area contributed by atoms with Crippen LogP contribution >= 0.6 is 23.5 Å². The Labute approximate surface area is 162 Å². The number of hydrogen-bond donors (Lipinski definition) is 0. The van der Waals surface area contributed by atoms with Crippen molar-refractivity contribution in [1.82, 2.24) is 9.97 Å². The Morgan fingerprint density at radius 1 is 1.04 bits per heavy atom. The SMILES string of the molecule is CCOP(=O)(CCCc1cc(Br)cc2nc(OC)c(OC)nc12)OCC. The van der Waals surface area contributed by atoms with Gasteiger partial charge in [0, 0.05) is 4.47 Å². The maximum absolute atomic E-state index is 12.6. The maximum atomic E-state index is 12.6. The predicted octanol–water partition coefficient (Wildman–Crippen LogP) is 4.61. The summed E-state index contributed by atoms with van der Waals surface area (Å²) in [5, 5.41) is 0. The fourth-order valence-electron chi connectivity index (χ4n) is 2.64. The molecule has 7 nitrogen and oxygen atoms in total. The lowest BCUT2D eigenvalue weighted by atomic mass is 10.1. The zero-order valence-electron chi connectivity index (χ0n) is 15.5. The summed E-state index contributed by atoms with van der Waals surface area (Å²) >= 11 is 3.50. The Balaban J connectivity index is 2.27. The minimum Gasteiger partial charge on any atom is -0.477 e. The standard InChI is InChI=1S/C17H24BrN2O5P/c1-5-24-26(21,25-6-2)9-7-8-12-10-13(18)11-14-15(12)20-17(23-4)16(19-14)22-3/h10-11H,5-9H2,1-4H3. The molecule has 0 aliphatic rings. The van der Waals surface area contributed by atoms with Crippen LogP contribution in [-0.2, 0) is 20.0 Å². The molecule has 0 spiro atoms. The zero-order valence-corrected chi connectivity index (χ0v) is 17.9. The number of aryl methyl sites for hydroxylation is 1. The van der Waals surface area contributed by atoms with Crippen molar-refractivity contribution in [3.8, 4) is 11.8 Å². The average Bonchev–Trinajstić information content (AvgIpc) is 2.60. The van der Waals surface area contributed by atoms with Crippen molar-refractivity contribution in [3.05, 3.63) is 22.2 Å². The number of methoxy groups -OCH3 is 2. The third kappa shape index (κ3) is 5.16. The van der Waals surface area contributed by atoms with Crippen molar-refractivity contribution in [2.75, 3.05) is 33.6 Å². The van der Waals surface area contributed by atoms with Gasteiger partial charge in [-0.3, -0.25) is 4.57 Å². The Kier molecular flexibility index (Phi) is 7.83. The topological polar surface area (TPSA) is 79.8 Å². The van der Waals surface area contributed by atoms with E-state index in [1.54, 1.807) is 0 Å². The van der Waals surface area contributed by atoms with Crippen LogP contribution in [0, 0.1) is 0 Å². The van der Waals surface area contributed by atoms with Crippen LogP contribution in [0.15, 0.2) is 16.6 Å². The molecule has 1 aromatic carbocycles. The third-order valence-corrected chi connectivity index (χ3v) is 6.29. The van der Waals surface area contributed by atoms with Gasteiger partial charge in [-0.15, -0.1) is 0 Å². The fourth-order valence-corrected chi connectivity index (χ4v) is 4.80. The maximum Gasteiger partial charge on any atom is 0.330 e. The first-order valence-corrected chi connectivity index (χ1v) is 10.9. The summed E-state index contributed by atoms with van der Waals surface area (Å²) in [6, 6.07) is 3.86. The molecule has 1 aromatic heterocycles. The first-order valence-electron chi connectivity index (χ1n) is 8.42. The molecule has 0 N–H and O–H groups in total. The van der Waals surface area contributed by atoms with Gasteiger partial charge < -0.3 is 18.5 Å². The Hall–Kier alpha value is -1.21. The summed E-state index contributed by atoms with van der Waals surface area (Å²) in [6.45, 7) is 4.34. The van der Waals surface area contributed by atoms with Crippen LogP contribution in [0.2, 0.25) is 0 Å². The van der Waals surface area contributed by atoms with E-state index >= 15 is 0 Å². The summed E-state index contributed by atoms with van der Waals surface area (Å²) in [5.41, 5.74) is 2.40. The van der Waals surface area contributed by atoms with Gasteiger partial charge in [0.25, 0.3) is 11.8 Å². The predicted molar refractivity (Wildman–Crippen MR) is 104 cm³/mol. The first kappa shape index (κ1) is 21.1. The van der Waals surface area contributed by atoms with E-state index in [2.05, 4.69) is 25.9 Å². The van der Waals surface area contributed by atoms with Gasteiger partial charge in [-0.2, -0.15) is 0 Å². The van der Waals surface area contributed by atoms with Gasteiger partial charge in [0.05, 0.1) is 44.6 Å². The van der Waals surface area contributed by atoms with Gasteiger partial charge >= 0.3 is 7.60 Å². The molecule has 0 saturated heterocycles. The normalized spacial score (nSPS) is 11.7. The van der Waals surface area contributed by atoms with E-state index in [-0.39, 0.29) is 0 Å². The second-order valence-electron chi connectivity index (χ2n) is 5.45. The molecule has 0 bridgehead atoms. The molecule has 0 aliphatic carbocycles. The molecular weight excluding hydrogens is 423 g/mol. The van der Waals surface area contributed by atoms with Crippen molar-refractivity contribution in [2.45, 2.75) is 26.7 Å². The third-order valence-electron chi connectivity index (χ3n) is 3.67. The highest BCUT2D eigenvalue weighted by Gasteiger charge is 2.23. The number of rotatable bonds is 10. The monoisotopic (exact) mass is 446 g/mol. The summed E-state index contributed by atoms with van der Waals surface area (Å²) in [7, 11) is 0.000204. The number of benzene rings is 1. The lowest BCUT2D eigenvalue weighted by Gasteiger charge is -2.17. The summed E-state index contributed by atoms with van der Waals surface area (Å²) in [4.78, 5) is 8.99. The van der Waals surface area contributed by atoms with Gasteiger partial charge in [-0.25, -0.2) is 9.97 Å². The van der Waals surface area contributed by atoms with Crippen molar-refractivity contribution >= 4 is 34.6 Å². The van der Waals surface area contributed by atoms with Crippen LogP contribution in [-0.4, -0.2) is 43.6 Å². The molecule has 0 amide bonds. The summed E-state index contributed by atoms with van der Waals surface area (Å²) in [5.74, 6) is 0.666. The highest BCUT2D eigenvalue weighted by molar-refractivity contribution is 9.10. The Bertz CT molecular complexity index is 792. The minimum atomic E-state index is -3.05. The van der Waals surface area contributed by atoms with Gasteiger partial charge in [-0.05, 0) is 44.4 Å². The highest BCUT2D eigenvalue weighted by Crippen LogP contribution is 2.48. The molecule has 0 unspecified atom stereocenters. The quantitative estimate of drug-likeness (QED) is 0.492. The molecular formula is C17H24BrN2O5P.